The topological polar surface area (TPSA) is 76.1 Å². The first kappa shape index (κ1) is 15.6. The van der Waals surface area contributed by atoms with Crippen LogP contribution in [0.3, 0.4) is 0 Å². The van der Waals surface area contributed by atoms with E-state index in [4.69, 9.17) is 0 Å². The summed E-state index contributed by atoms with van der Waals surface area (Å²) in [5.41, 5.74) is 0.272. The summed E-state index contributed by atoms with van der Waals surface area (Å²) in [6.45, 7) is 0. The molecule has 1 aromatic carbocycles. The van der Waals surface area contributed by atoms with E-state index in [0.29, 0.717) is 4.60 Å². The number of hydrogen-bond donors (Lipinski definition) is 1. The molecule has 0 unspecified atom stereocenters. The van der Waals surface area contributed by atoms with E-state index in [1.165, 1.54) is 18.3 Å². The lowest BCUT2D eigenvalue weighted by Crippen LogP contribution is -2.15. The van der Waals surface area contributed by atoms with Crippen LogP contribution < -0.4 is 5.32 Å². The van der Waals surface area contributed by atoms with Gasteiger partial charge in [0.05, 0.1) is 16.1 Å². The maximum absolute atomic E-state index is 13.2. The highest BCUT2D eigenvalue weighted by Gasteiger charge is 2.17. The molecule has 1 heterocycles. The van der Waals surface area contributed by atoms with Crippen molar-refractivity contribution >= 4 is 37.4 Å². The third kappa shape index (κ3) is 3.85. The minimum atomic E-state index is -3.67. The zero-order valence-corrected chi connectivity index (χ0v) is 13.2. The minimum absolute atomic E-state index is 0.0202. The maximum atomic E-state index is 13.2. The predicted molar refractivity (Wildman–Crippen MR) is 79.4 cm³/mol. The van der Waals surface area contributed by atoms with Crippen molar-refractivity contribution < 1.29 is 17.6 Å². The van der Waals surface area contributed by atoms with Crippen molar-refractivity contribution in [1.29, 1.82) is 0 Å². The normalized spacial score (nSPS) is 11.2. The lowest BCUT2D eigenvalue weighted by molar-refractivity contribution is 0.102. The highest BCUT2D eigenvalue weighted by atomic mass is 79.9. The van der Waals surface area contributed by atoms with Gasteiger partial charge in [-0.25, -0.2) is 17.8 Å². The molecule has 1 aromatic heterocycles. The Hall–Kier alpha value is -1.80. The Balaban J connectivity index is 2.36. The standard InChI is InChI=1S/C13H10BrFN2O3S/c1-21(19,20)11-6-9(15)3-4-10(11)17-13(18)8-2-5-12(14)16-7-8/h2-7H,1H3,(H,17,18). The molecule has 0 bridgehead atoms. The first-order valence-electron chi connectivity index (χ1n) is 5.70. The molecule has 21 heavy (non-hydrogen) atoms. The zero-order valence-electron chi connectivity index (χ0n) is 10.8. The summed E-state index contributed by atoms with van der Waals surface area (Å²) in [5.74, 6) is -1.23. The Bertz CT molecular complexity index is 792. The van der Waals surface area contributed by atoms with Crippen molar-refractivity contribution in [2.45, 2.75) is 4.90 Å². The molecule has 0 aliphatic heterocycles. The van der Waals surface area contributed by atoms with Gasteiger partial charge in [-0.2, -0.15) is 0 Å². The molecule has 0 saturated carbocycles. The predicted octanol–water partition coefficient (Wildman–Crippen LogP) is 2.64. The van der Waals surface area contributed by atoms with Crippen LogP contribution in [0, 0.1) is 5.82 Å². The molecule has 0 atom stereocenters. The van der Waals surface area contributed by atoms with Gasteiger partial charge in [0, 0.05) is 12.5 Å². The second-order valence-electron chi connectivity index (χ2n) is 4.24. The number of pyridine rings is 1. The average molecular weight is 373 g/mol. The number of aromatic nitrogens is 1. The number of carbonyl (C=O) groups is 1. The molecular weight excluding hydrogens is 363 g/mol. The zero-order chi connectivity index (χ0) is 15.6. The van der Waals surface area contributed by atoms with Crippen LogP contribution in [0.15, 0.2) is 46.0 Å². The lowest BCUT2D eigenvalue weighted by atomic mass is 10.2. The Morgan fingerprint density at radius 2 is 2.00 bits per heavy atom. The van der Waals surface area contributed by atoms with Crippen molar-refractivity contribution in [2.75, 3.05) is 11.6 Å². The van der Waals surface area contributed by atoms with E-state index in [0.717, 1.165) is 18.4 Å². The number of nitrogens with one attached hydrogen (secondary N) is 1. The molecule has 0 saturated heterocycles. The highest BCUT2D eigenvalue weighted by molar-refractivity contribution is 9.10. The first-order chi connectivity index (χ1) is 9.77. The number of anilines is 1. The van der Waals surface area contributed by atoms with Gasteiger partial charge in [-0.3, -0.25) is 4.79 Å². The Morgan fingerprint density at radius 3 is 2.57 bits per heavy atom. The van der Waals surface area contributed by atoms with Crippen molar-refractivity contribution in [3.05, 3.63) is 52.5 Å². The van der Waals surface area contributed by atoms with E-state index in [-0.39, 0.29) is 16.1 Å². The van der Waals surface area contributed by atoms with Crippen LogP contribution in [0.25, 0.3) is 0 Å². The second-order valence-corrected chi connectivity index (χ2v) is 7.03. The number of amides is 1. The molecule has 0 radical (unpaired) electrons. The molecule has 1 N–H and O–H groups in total. The molecule has 2 rings (SSSR count). The van der Waals surface area contributed by atoms with Crippen molar-refractivity contribution in [3.8, 4) is 0 Å². The summed E-state index contributed by atoms with van der Waals surface area (Å²) in [7, 11) is -3.67. The number of halogens is 2. The molecule has 5 nitrogen and oxygen atoms in total. The second kappa shape index (κ2) is 5.90. The van der Waals surface area contributed by atoms with E-state index in [1.807, 2.05) is 0 Å². The van der Waals surface area contributed by atoms with E-state index < -0.39 is 21.6 Å². The van der Waals surface area contributed by atoms with Crippen molar-refractivity contribution in [1.82, 2.24) is 4.98 Å². The summed E-state index contributed by atoms with van der Waals surface area (Å²) in [6, 6.07) is 6.25. The first-order valence-corrected chi connectivity index (χ1v) is 8.38. The summed E-state index contributed by atoms with van der Waals surface area (Å²) in [6.07, 6.45) is 2.28. The van der Waals surface area contributed by atoms with Gasteiger partial charge in [0.25, 0.3) is 5.91 Å². The van der Waals surface area contributed by atoms with E-state index in [9.17, 15) is 17.6 Å². The molecule has 0 fully saturated rings. The van der Waals surface area contributed by atoms with Crippen molar-refractivity contribution in [2.24, 2.45) is 0 Å². The van der Waals surface area contributed by atoms with E-state index >= 15 is 0 Å². The van der Waals surface area contributed by atoms with Crippen LogP contribution in [-0.2, 0) is 9.84 Å². The summed E-state index contributed by atoms with van der Waals surface area (Å²) in [5, 5.41) is 2.44. The Labute approximate surface area is 129 Å². The fourth-order valence-electron chi connectivity index (χ4n) is 1.61. The van der Waals surface area contributed by atoms with Gasteiger partial charge in [0.2, 0.25) is 0 Å². The summed E-state index contributed by atoms with van der Waals surface area (Å²) >= 11 is 3.14. The van der Waals surface area contributed by atoms with Crippen LogP contribution in [0.5, 0.6) is 0 Å². The molecule has 0 aliphatic carbocycles. The molecule has 2 aromatic rings. The maximum Gasteiger partial charge on any atom is 0.257 e. The number of rotatable bonds is 3. The molecular formula is C13H10BrFN2O3S. The van der Waals surface area contributed by atoms with E-state index in [1.54, 1.807) is 6.07 Å². The van der Waals surface area contributed by atoms with Crippen molar-refractivity contribution in [3.63, 3.8) is 0 Å². The number of nitrogens with zero attached hydrogens (tertiary/aromatic N) is 1. The SMILES string of the molecule is CS(=O)(=O)c1cc(F)ccc1NC(=O)c1ccc(Br)nc1. The smallest absolute Gasteiger partial charge is 0.257 e. The van der Waals surface area contributed by atoms with Crippen LogP contribution in [0.4, 0.5) is 10.1 Å². The minimum Gasteiger partial charge on any atom is -0.321 e. The third-order valence-corrected chi connectivity index (χ3v) is 4.19. The van der Waals surface area contributed by atoms with Gasteiger partial charge in [0.1, 0.15) is 10.4 Å². The monoisotopic (exact) mass is 372 g/mol. The lowest BCUT2D eigenvalue weighted by Gasteiger charge is -2.10. The average Bonchev–Trinajstić information content (AvgIpc) is 2.40. The fraction of sp³-hybridized carbons (Fsp3) is 0.0769. The number of sulfone groups is 1. The van der Waals surface area contributed by atoms with Gasteiger partial charge in [-0.15, -0.1) is 0 Å². The van der Waals surface area contributed by atoms with Crippen LogP contribution in [-0.4, -0.2) is 25.6 Å². The quantitative estimate of drug-likeness (QED) is 0.840. The molecule has 0 spiro atoms. The molecule has 8 heteroatoms. The van der Waals surface area contributed by atoms with E-state index in [2.05, 4.69) is 26.2 Å². The fourth-order valence-corrected chi connectivity index (χ4v) is 2.69. The number of hydrogen-bond acceptors (Lipinski definition) is 4. The van der Waals surface area contributed by atoms with Crippen LogP contribution in [0.2, 0.25) is 0 Å². The van der Waals surface area contributed by atoms with Gasteiger partial charge in [-0.1, -0.05) is 0 Å². The number of carbonyl (C=O) groups excluding carboxylic acids is 1. The highest BCUT2D eigenvalue weighted by Crippen LogP contribution is 2.23. The van der Waals surface area contributed by atoms with Gasteiger partial charge in [-0.05, 0) is 46.3 Å². The number of benzene rings is 1. The largest absolute Gasteiger partial charge is 0.321 e. The van der Waals surface area contributed by atoms with Gasteiger partial charge < -0.3 is 5.32 Å². The van der Waals surface area contributed by atoms with Crippen LogP contribution in [0.1, 0.15) is 10.4 Å². The molecule has 0 aliphatic rings. The Kier molecular flexibility index (Phi) is 4.38. The summed E-state index contributed by atoms with van der Waals surface area (Å²) in [4.78, 5) is 15.7. The summed E-state index contributed by atoms with van der Waals surface area (Å²) < 4.78 is 37.0. The molecule has 110 valence electrons. The van der Waals surface area contributed by atoms with Gasteiger partial charge >= 0.3 is 0 Å². The van der Waals surface area contributed by atoms with Crippen LogP contribution >= 0.6 is 15.9 Å². The molecule has 1 amide bonds. The Morgan fingerprint density at radius 1 is 1.29 bits per heavy atom. The third-order valence-electron chi connectivity index (χ3n) is 2.58. The van der Waals surface area contributed by atoms with Gasteiger partial charge in [0.15, 0.2) is 9.84 Å².